The van der Waals surface area contributed by atoms with Gasteiger partial charge in [0.05, 0.1) is 6.20 Å². The number of hydrogen-bond donors (Lipinski definition) is 2. The Morgan fingerprint density at radius 1 is 1.19 bits per heavy atom. The molecule has 1 atom stereocenters. The molecule has 26 heavy (non-hydrogen) atoms. The summed E-state index contributed by atoms with van der Waals surface area (Å²) in [5.74, 6) is -0.279. The van der Waals surface area contributed by atoms with Gasteiger partial charge in [-0.1, -0.05) is 11.3 Å². The van der Waals surface area contributed by atoms with Crippen LogP contribution in [0.2, 0.25) is 0 Å². The molecule has 0 saturated heterocycles. The van der Waals surface area contributed by atoms with Crippen LogP contribution in [0.4, 0.5) is 0 Å². The van der Waals surface area contributed by atoms with Crippen molar-refractivity contribution in [3.05, 3.63) is 46.8 Å². The predicted molar refractivity (Wildman–Crippen MR) is 98.0 cm³/mol. The van der Waals surface area contributed by atoms with Crippen LogP contribution >= 0.6 is 0 Å². The van der Waals surface area contributed by atoms with E-state index in [0.29, 0.717) is 24.2 Å². The Morgan fingerprint density at radius 3 is 2.69 bits per heavy atom. The number of nitrogens with zero attached hydrogens (tertiary/aromatic N) is 3. The van der Waals surface area contributed by atoms with Gasteiger partial charge in [-0.15, -0.1) is 5.10 Å². The Morgan fingerprint density at radius 2 is 1.96 bits per heavy atom. The Bertz CT molecular complexity index is 799. The van der Waals surface area contributed by atoms with Crippen LogP contribution in [0.5, 0.6) is 0 Å². The van der Waals surface area contributed by atoms with Crippen molar-refractivity contribution in [2.45, 2.75) is 45.1 Å². The van der Waals surface area contributed by atoms with Gasteiger partial charge >= 0.3 is 0 Å². The SMILES string of the molecule is CC(CCNC(=O)c1cnnn1C)NC(=O)c1ccc2c(c1)CCCC2. The number of amides is 2. The second-order valence-corrected chi connectivity index (χ2v) is 6.85. The number of hydrogen-bond acceptors (Lipinski definition) is 4. The van der Waals surface area contributed by atoms with Crippen LogP contribution in [0.3, 0.4) is 0 Å². The molecule has 3 rings (SSSR count). The van der Waals surface area contributed by atoms with Crippen LogP contribution in [-0.4, -0.2) is 39.4 Å². The Labute approximate surface area is 153 Å². The maximum absolute atomic E-state index is 12.5. The molecule has 7 heteroatoms. The van der Waals surface area contributed by atoms with E-state index in [1.165, 1.54) is 34.8 Å². The molecular formula is C19H25N5O2. The minimum absolute atomic E-state index is 0.0384. The topological polar surface area (TPSA) is 88.9 Å². The second-order valence-electron chi connectivity index (χ2n) is 6.85. The molecule has 1 aromatic carbocycles. The third-order valence-electron chi connectivity index (χ3n) is 4.80. The number of rotatable bonds is 6. The smallest absolute Gasteiger partial charge is 0.271 e. The monoisotopic (exact) mass is 355 g/mol. The van der Waals surface area contributed by atoms with Gasteiger partial charge < -0.3 is 10.6 Å². The van der Waals surface area contributed by atoms with Crippen LogP contribution in [0, 0.1) is 0 Å². The molecule has 2 N–H and O–H groups in total. The van der Waals surface area contributed by atoms with Gasteiger partial charge in [0.25, 0.3) is 11.8 Å². The van der Waals surface area contributed by atoms with Crippen molar-refractivity contribution in [1.29, 1.82) is 0 Å². The minimum Gasteiger partial charge on any atom is -0.351 e. The van der Waals surface area contributed by atoms with E-state index < -0.39 is 0 Å². The lowest BCUT2D eigenvalue weighted by molar-refractivity contribution is 0.0935. The number of aromatic nitrogens is 3. The summed E-state index contributed by atoms with van der Waals surface area (Å²) in [7, 11) is 1.67. The van der Waals surface area contributed by atoms with E-state index in [1.807, 2.05) is 19.1 Å². The molecule has 1 aliphatic rings. The third-order valence-corrected chi connectivity index (χ3v) is 4.80. The zero-order valence-corrected chi connectivity index (χ0v) is 15.3. The number of benzene rings is 1. The van der Waals surface area contributed by atoms with Gasteiger partial charge in [-0.3, -0.25) is 9.59 Å². The van der Waals surface area contributed by atoms with Gasteiger partial charge in [0, 0.05) is 25.2 Å². The summed E-state index contributed by atoms with van der Waals surface area (Å²) in [5.41, 5.74) is 3.79. The average molecular weight is 355 g/mol. The normalized spacial score (nSPS) is 14.4. The quantitative estimate of drug-likeness (QED) is 0.824. The van der Waals surface area contributed by atoms with Gasteiger partial charge in [-0.05, 0) is 62.3 Å². The third kappa shape index (κ3) is 4.28. The van der Waals surface area contributed by atoms with E-state index >= 15 is 0 Å². The van der Waals surface area contributed by atoms with Crippen molar-refractivity contribution in [2.75, 3.05) is 6.54 Å². The molecule has 0 saturated carbocycles. The average Bonchev–Trinajstić information content (AvgIpc) is 3.07. The molecule has 7 nitrogen and oxygen atoms in total. The van der Waals surface area contributed by atoms with Crippen molar-refractivity contribution in [2.24, 2.45) is 7.05 Å². The van der Waals surface area contributed by atoms with Crippen LogP contribution < -0.4 is 10.6 Å². The van der Waals surface area contributed by atoms with Crippen molar-refractivity contribution >= 4 is 11.8 Å². The molecule has 1 aromatic heterocycles. The van der Waals surface area contributed by atoms with Gasteiger partial charge in [0.15, 0.2) is 0 Å². The van der Waals surface area contributed by atoms with Gasteiger partial charge in [0.1, 0.15) is 5.69 Å². The second kappa shape index (κ2) is 8.12. The molecular weight excluding hydrogens is 330 g/mol. The van der Waals surface area contributed by atoms with Crippen molar-refractivity contribution in [3.8, 4) is 0 Å². The molecule has 2 amide bonds. The highest BCUT2D eigenvalue weighted by atomic mass is 16.2. The maximum Gasteiger partial charge on any atom is 0.271 e. The molecule has 0 bridgehead atoms. The highest BCUT2D eigenvalue weighted by Crippen LogP contribution is 2.22. The minimum atomic E-state index is -0.217. The Hall–Kier alpha value is -2.70. The van der Waals surface area contributed by atoms with E-state index in [-0.39, 0.29) is 17.9 Å². The first-order valence-corrected chi connectivity index (χ1v) is 9.10. The molecule has 1 heterocycles. The lowest BCUT2D eigenvalue weighted by Gasteiger charge is -2.18. The fraction of sp³-hybridized carbons (Fsp3) is 0.474. The summed E-state index contributed by atoms with van der Waals surface area (Å²) < 4.78 is 1.43. The van der Waals surface area contributed by atoms with E-state index in [0.717, 1.165) is 12.8 Å². The summed E-state index contributed by atoms with van der Waals surface area (Å²) in [6, 6.07) is 5.97. The Kier molecular flexibility index (Phi) is 5.65. The number of carbonyl (C=O) groups excluding carboxylic acids is 2. The standard InChI is InChI=1S/C19H25N5O2/c1-13(9-10-20-19(26)17-12-21-23-24(17)2)22-18(25)16-8-7-14-5-3-4-6-15(14)11-16/h7-8,11-13H,3-6,9-10H2,1-2H3,(H,20,26)(H,22,25). The van der Waals surface area contributed by atoms with E-state index in [9.17, 15) is 9.59 Å². The van der Waals surface area contributed by atoms with Crippen LogP contribution in [0.25, 0.3) is 0 Å². The fourth-order valence-electron chi connectivity index (χ4n) is 3.24. The molecule has 138 valence electrons. The summed E-state index contributed by atoms with van der Waals surface area (Å²) in [5, 5.41) is 13.2. The first kappa shape index (κ1) is 18.1. The van der Waals surface area contributed by atoms with E-state index in [2.05, 4.69) is 27.0 Å². The molecule has 0 spiro atoms. The Balaban J connectivity index is 1.47. The van der Waals surface area contributed by atoms with Crippen molar-refractivity contribution in [3.63, 3.8) is 0 Å². The molecule has 0 fully saturated rings. The van der Waals surface area contributed by atoms with Crippen LogP contribution in [-0.2, 0) is 19.9 Å². The summed E-state index contributed by atoms with van der Waals surface area (Å²) in [6.45, 7) is 2.41. The van der Waals surface area contributed by atoms with E-state index in [4.69, 9.17) is 0 Å². The van der Waals surface area contributed by atoms with Crippen LogP contribution in [0.15, 0.2) is 24.4 Å². The zero-order valence-electron chi connectivity index (χ0n) is 15.3. The predicted octanol–water partition coefficient (Wildman–Crippen LogP) is 1.63. The number of carbonyl (C=O) groups is 2. The van der Waals surface area contributed by atoms with Gasteiger partial charge in [-0.25, -0.2) is 4.68 Å². The zero-order chi connectivity index (χ0) is 18.5. The highest BCUT2D eigenvalue weighted by Gasteiger charge is 2.15. The molecule has 1 aliphatic carbocycles. The number of fused-ring (bicyclic) bond motifs is 1. The fourth-order valence-corrected chi connectivity index (χ4v) is 3.24. The molecule has 0 radical (unpaired) electrons. The van der Waals surface area contributed by atoms with Gasteiger partial charge in [-0.2, -0.15) is 0 Å². The summed E-state index contributed by atoms with van der Waals surface area (Å²) >= 11 is 0. The largest absolute Gasteiger partial charge is 0.351 e. The number of nitrogens with one attached hydrogen (secondary N) is 2. The highest BCUT2D eigenvalue weighted by molar-refractivity contribution is 5.94. The first-order valence-electron chi connectivity index (χ1n) is 9.10. The maximum atomic E-state index is 12.5. The van der Waals surface area contributed by atoms with Gasteiger partial charge in [0.2, 0.25) is 0 Å². The van der Waals surface area contributed by atoms with E-state index in [1.54, 1.807) is 7.05 Å². The molecule has 0 aliphatic heterocycles. The molecule has 1 unspecified atom stereocenters. The lowest BCUT2D eigenvalue weighted by atomic mass is 9.90. The number of aryl methyl sites for hydroxylation is 3. The first-order chi connectivity index (χ1) is 12.5. The lowest BCUT2D eigenvalue weighted by Crippen LogP contribution is -2.36. The molecule has 2 aromatic rings. The van der Waals surface area contributed by atoms with Crippen molar-refractivity contribution in [1.82, 2.24) is 25.6 Å². The van der Waals surface area contributed by atoms with Crippen LogP contribution in [0.1, 0.15) is 58.2 Å². The summed E-state index contributed by atoms with van der Waals surface area (Å²) in [6.07, 6.45) is 6.67. The summed E-state index contributed by atoms with van der Waals surface area (Å²) in [4.78, 5) is 24.4. The van der Waals surface area contributed by atoms with Crippen molar-refractivity contribution < 1.29 is 9.59 Å².